The minimum Gasteiger partial charge on any atom is -0.493 e. The molecule has 1 unspecified atom stereocenters. The van der Waals surface area contributed by atoms with Crippen molar-refractivity contribution in [1.29, 1.82) is 0 Å². The SMILES string of the molecule is CC[C@]1(CCCO)[C@@H]2Cc3ccc(OC)c4c3[C@]1(CCN2C)[C@@H](C(C)OC)O4. The van der Waals surface area contributed by atoms with Crippen LogP contribution >= 0.6 is 0 Å². The van der Waals surface area contributed by atoms with E-state index in [1.807, 2.05) is 0 Å². The highest BCUT2D eigenvalue weighted by molar-refractivity contribution is 5.62. The second kappa shape index (κ2) is 7.19. The van der Waals surface area contributed by atoms with Crippen LogP contribution in [0.25, 0.3) is 0 Å². The van der Waals surface area contributed by atoms with E-state index in [1.54, 1.807) is 14.2 Å². The maximum atomic E-state index is 9.71. The molecule has 0 radical (unpaired) electrons. The molecule has 1 fully saturated rings. The predicted octanol–water partition coefficient (Wildman–Crippen LogP) is 3.16. The van der Waals surface area contributed by atoms with Gasteiger partial charge in [0, 0.05) is 30.7 Å². The molecule has 0 saturated carbocycles. The molecule has 0 aromatic heterocycles. The van der Waals surface area contributed by atoms with Crippen molar-refractivity contribution in [2.45, 2.75) is 69.6 Å². The summed E-state index contributed by atoms with van der Waals surface area (Å²) in [7, 11) is 5.77. The van der Waals surface area contributed by atoms with Crippen molar-refractivity contribution in [3.8, 4) is 11.5 Å². The van der Waals surface area contributed by atoms with Crippen LogP contribution in [0, 0.1) is 5.41 Å². The molecule has 5 heteroatoms. The van der Waals surface area contributed by atoms with E-state index in [9.17, 15) is 5.11 Å². The maximum Gasteiger partial charge on any atom is 0.165 e. The van der Waals surface area contributed by atoms with E-state index in [1.165, 1.54) is 11.1 Å². The van der Waals surface area contributed by atoms with Gasteiger partial charge in [-0.05, 0) is 69.7 Å². The van der Waals surface area contributed by atoms with Crippen molar-refractivity contribution in [1.82, 2.24) is 4.90 Å². The molecule has 2 heterocycles. The Morgan fingerprint density at radius 2 is 2.14 bits per heavy atom. The highest BCUT2D eigenvalue weighted by atomic mass is 16.6. The smallest absolute Gasteiger partial charge is 0.165 e. The van der Waals surface area contributed by atoms with Crippen LogP contribution < -0.4 is 9.47 Å². The summed E-state index contributed by atoms with van der Waals surface area (Å²) in [5.74, 6) is 1.76. The lowest BCUT2D eigenvalue weighted by molar-refractivity contribution is -0.129. The summed E-state index contributed by atoms with van der Waals surface area (Å²) in [6, 6.07) is 4.75. The Morgan fingerprint density at radius 1 is 1.36 bits per heavy atom. The summed E-state index contributed by atoms with van der Waals surface area (Å²) < 4.78 is 18.3. The third-order valence-electron chi connectivity index (χ3n) is 8.14. The zero-order valence-electron chi connectivity index (χ0n) is 18.0. The summed E-state index contributed by atoms with van der Waals surface area (Å²) in [6.45, 7) is 5.74. The second-order valence-electron chi connectivity index (χ2n) is 8.87. The fourth-order valence-corrected chi connectivity index (χ4v) is 6.88. The van der Waals surface area contributed by atoms with E-state index in [4.69, 9.17) is 14.2 Å². The van der Waals surface area contributed by atoms with Gasteiger partial charge in [0.1, 0.15) is 6.10 Å². The Balaban J connectivity index is 2.01. The maximum absolute atomic E-state index is 9.71. The van der Waals surface area contributed by atoms with Crippen molar-refractivity contribution < 1.29 is 19.3 Å². The van der Waals surface area contributed by atoms with Crippen LogP contribution in [0.1, 0.15) is 50.7 Å². The van der Waals surface area contributed by atoms with Gasteiger partial charge in [-0.3, -0.25) is 0 Å². The van der Waals surface area contributed by atoms with Gasteiger partial charge in [-0.2, -0.15) is 0 Å². The number of likely N-dealkylation sites (tertiary alicyclic amines) is 1. The number of aliphatic hydroxyl groups is 1. The quantitative estimate of drug-likeness (QED) is 0.776. The predicted molar refractivity (Wildman–Crippen MR) is 109 cm³/mol. The highest BCUT2D eigenvalue weighted by Gasteiger charge is 2.69. The number of benzene rings is 1. The van der Waals surface area contributed by atoms with E-state index >= 15 is 0 Å². The summed E-state index contributed by atoms with van der Waals surface area (Å²) in [5.41, 5.74) is 2.70. The van der Waals surface area contributed by atoms with Gasteiger partial charge in [0.05, 0.1) is 13.2 Å². The first-order valence-electron chi connectivity index (χ1n) is 10.7. The van der Waals surface area contributed by atoms with Crippen LogP contribution in [0.4, 0.5) is 0 Å². The topological polar surface area (TPSA) is 51.2 Å². The van der Waals surface area contributed by atoms with Crippen molar-refractivity contribution >= 4 is 0 Å². The Bertz CT molecular complexity index is 738. The number of hydrogen-bond acceptors (Lipinski definition) is 5. The van der Waals surface area contributed by atoms with Gasteiger partial charge < -0.3 is 24.2 Å². The van der Waals surface area contributed by atoms with Crippen LogP contribution in [0.5, 0.6) is 11.5 Å². The molecule has 2 aliphatic heterocycles. The molecule has 2 bridgehead atoms. The number of fused-ring (bicyclic) bond motifs is 1. The Kier molecular flexibility index (Phi) is 5.13. The van der Waals surface area contributed by atoms with Gasteiger partial charge in [0.2, 0.25) is 0 Å². The monoisotopic (exact) mass is 389 g/mol. The fourth-order valence-electron chi connectivity index (χ4n) is 6.88. The van der Waals surface area contributed by atoms with Gasteiger partial charge in [-0.1, -0.05) is 13.0 Å². The van der Waals surface area contributed by atoms with Gasteiger partial charge in [-0.25, -0.2) is 0 Å². The molecule has 1 spiro atoms. The minimum absolute atomic E-state index is 0.0211. The number of likely N-dealkylation sites (N-methyl/N-ethyl adjacent to an activating group) is 1. The zero-order valence-corrected chi connectivity index (χ0v) is 18.0. The molecule has 4 rings (SSSR count). The normalized spacial score (nSPS) is 34.6. The van der Waals surface area contributed by atoms with Crippen molar-refractivity contribution in [3.63, 3.8) is 0 Å². The molecule has 5 nitrogen and oxygen atoms in total. The Hall–Kier alpha value is -1.30. The van der Waals surface area contributed by atoms with Crippen LogP contribution in [-0.2, 0) is 16.6 Å². The van der Waals surface area contributed by atoms with E-state index < -0.39 is 0 Å². The van der Waals surface area contributed by atoms with Crippen LogP contribution in [0.2, 0.25) is 0 Å². The highest BCUT2D eigenvalue weighted by Crippen LogP contribution is 2.68. The number of hydrogen-bond donors (Lipinski definition) is 1. The minimum atomic E-state index is -0.110. The molecular weight excluding hydrogens is 354 g/mol. The second-order valence-corrected chi connectivity index (χ2v) is 8.87. The number of nitrogens with zero attached hydrogens (tertiary/aromatic N) is 1. The summed E-state index contributed by atoms with van der Waals surface area (Å²) in [6.07, 6.45) is 4.90. The first-order chi connectivity index (χ1) is 13.5. The van der Waals surface area contributed by atoms with Gasteiger partial charge in [0.15, 0.2) is 11.5 Å². The van der Waals surface area contributed by atoms with E-state index in [-0.39, 0.29) is 29.6 Å². The standard InChI is InChI=1S/C23H35NO4/c1-6-22(10-7-13-25)18-14-16-8-9-17(27-5)20-19(16)23(22,11-12-24(18)3)21(28-20)15(2)26-4/h8-9,15,18,21,25H,6-7,10-14H2,1-5H3/t15?,18-,21+,22-,23+/m0/s1. The zero-order chi connectivity index (χ0) is 20.1. The van der Waals surface area contributed by atoms with E-state index in [0.29, 0.717) is 6.04 Å². The molecule has 3 aliphatic rings. The molecule has 1 aromatic rings. The first kappa shape index (κ1) is 20.0. The first-order valence-corrected chi connectivity index (χ1v) is 10.7. The number of piperidine rings is 1. The largest absolute Gasteiger partial charge is 0.493 e. The molecule has 0 amide bonds. The molecule has 156 valence electrons. The summed E-state index contributed by atoms with van der Waals surface area (Å²) in [4.78, 5) is 2.55. The van der Waals surface area contributed by atoms with Crippen molar-refractivity contribution in [2.75, 3.05) is 34.4 Å². The van der Waals surface area contributed by atoms with Crippen molar-refractivity contribution in [2.24, 2.45) is 5.41 Å². The Labute approximate surface area is 169 Å². The van der Waals surface area contributed by atoms with E-state index in [0.717, 1.165) is 50.1 Å². The number of aliphatic hydroxyl groups excluding tert-OH is 1. The van der Waals surface area contributed by atoms with E-state index in [2.05, 4.69) is 37.9 Å². The number of ether oxygens (including phenoxy) is 3. The fraction of sp³-hybridized carbons (Fsp3) is 0.739. The third kappa shape index (κ3) is 2.36. The van der Waals surface area contributed by atoms with Gasteiger partial charge >= 0.3 is 0 Å². The molecule has 1 aliphatic carbocycles. The van der Waals surface area contributed by atoms with Crippen LogP contribution in [0.3, 0.4) is 0 Å². The lowest BCUT2D eigenvalue weighted by Crippen LogP contribution is -2.70. The molecule has 5 atom stereocenters. The Morgan fingerprint density at radius 3 is 2.79 bits per heavy atom. The third-order valence-corrected chi connectivity index (χ3v) is 8.14. The lowest BCUT2D eigenvalue weighted by Gasteiger charge is -2.64. The molecule has 1 N–H and O–H groups in total. The summed E-state index contributed by atoms with van der Waals surface area (Å²) in [5, 5.41) is 9.71. The lowest BCUT2D eigenvalue weighted by atomic mass is 9.44. The van der Waals surface area contributed by atoms with Crippen LogP contribution in [-0.4, -0.2) is 62.7 Å². The van der Waals surface area contributed by atoms with Crippen molar-refractivity contribution in [3.05, 3.63) is 23.3 Å². The molecule has 1 saturated heterocycles. The molecular formula is C23H35NO4. The number of rotatable bonds is 7. The van der Waals surface area contributed by atoms with Crippen LogP contribution in [0.15, 0.2) is 12.1 Å². The number of methoxy groups -OCH3 is 2. The van der Waals surface area contributed by atoms with Gasteiger partial charge in [-0.15, -0.1) is 0 Å². The van der Waals surface area contributed by atoms with Gasteiger partial charge in [0.25, 0.3) is 0 Å². The molecule has 28 heavy (non-hydrogen) atoms. The molecule has 1 aromatic carbocycles. The average molecular weight is 390 g/mol. The summed E-state index contributed by atoms with van der Waals surface area (Å²) >= 11 is 0. The average Bonchev–Trinajstić information content (AvgIpc) is 3.07.